The third-order valence-electron chi connectivity index (χ3n) is 11.5. The number of pyridine rings is 2. The number of rotatable bonds is 2. The van der Waals surface area contributed by atoms with E-state index in [2.05, 4.69) is 178 Å². The van der Waals surface area contributed by atoms with Crippen LogP contribution in [0.5, 0.6) is 0 Å². The van der Waals surface area contributed by atoms with Crippen molar-refractivity contribution in [2.75, 3.05) is 0 Å². The SMILES string of the molecule is c1ccc([Si]2(c3ccccc3)c3cccc4c3C3(c5c2ccc2c6cc7ccccc7cc6n6cc[n+]3c6c52)[n+]2ccccc2-4)cc1. The van der Waals surface area contributed by atoms with Crippen LogP contribution in [0.1, 0.15) is 11.1 Å². The topological polar surface area (TPSA) is 12.2 Å². The quantitative estimate of drug-likeness (QED) is 0.109. The first-order valence-electron chi connectivity index (χ1n) is 16.4. The fraction of sp³-hybridized carbons (Fsp3) is 0.0233. The molecule has 0 amide bonds. The van der Waals surface area contributed by atoms with Gasteiger partial charge in [0.15, 0.2) is 14.3 Å². The lowest BCUT2D eigenvalue weighted by Gasteiger charge is -2.42. The highest BCUT2D eigenvalue weighted by molar-refractivity contribution is 7.20. The molecule has 3 aliphatic heterocycles. The summed E-state index contributed by atoms with van der Waals surface area (Å²) in [4.78, 5) is 0. The maximum atomic E-state index is 2.61. The van der Waals surface area contributed by atoms with Gasteiger partial charge in [0.25, 0.3) is 0 Å². The lowest BCUT2D eigenvalue weighted by molar-refractivity contribution is -0.949. The standard InChI is InChI=1S/C43H27N3Si/c1-3-14-30(15-4-1)47(31-16-5-2-6-17-31)37-20-11-18-33-35-19-9-10-23-45(35)43(40(33)37)41-38(47)22-21-32-34-26-28-12-7-8-13-29(28)27-36(34)44-24-25-46(43)42(44)39(32)41/h1-27H/q+2. The molecule has 0 radical (unpaired) electrons. The third kappa shape index (κ3) is 2.53. The average Bonchev–Trinajstić information content (AvgIpc) is 3.80. The van der Waals surface area contributed by atoms with E-state index in [1.807, 2.05) is 0 Å². The largest absolute Gasteiger partial charge is 0.364 e. The number of benzene rings is 6. The van der Waals surface area contributed by atoms with Gasteiger partial charge < -0.3 is 0 Å². The Balaban J connectivity index is 1.40. The first-order chi connectivity index (χ1) is 23.3. The van der Waals surface area contributed by atoms with Crippen LogP contribution >= 0.6 is 0 Å². The van der Waals surface area contributed by atoms with Crippen molar-refractivity contribution in [1.82, 2.24) is 4.40 Å². The third-order valence-corrected chi connectivity index (χ3v) is 16.3. The zero-order valence-corrected chi connectivity index (χ0v) is 26.4. The molecule has 0 bridgehead atoms. The van der Waals surface area contributed by atoms with Gasteiger partial charge in [-0.3, -0.25) is 0 Å². The second kappa shape index (κ2) is 8.11. The smallest absolute Gasteiger partial charge is 0.195 e. The second-order valence-corrected chi connectivity index (χ2v) is 17.1. The Morgan fingerprint density at radius 2 is 1.23 bits per heavy atom. The lowest BCUT2D eigenvalue weighted by atomic mass is 9.88. The van der Waals surface area contributed by atoms with Gasteiger partial charge in [0.2, 0.25) is 5.69 Å². The molecule has 0 saturated heterocycles. The Labute approximate surface area is 271 Å². The molecule has 216 valence electrons. The van der Waals surface area contributed by atoms with Crippen LogP contribution in [0.4, 0.5) is 0 Å². The van der Waals surface area contributed by atoms with Crippen LogP contribution in [0.3, 0.4) is 0 Å². The van der Waals surface area contributed by atoms with Crippen molar-refractivity contribution in [3.8, 4) is 11.3 Å². The van der Waals surface area contributed by atoms with Gasteiger partial charge in [-0.2, -0.15) is 8.97 Å². The number of nitrogens with zero attached hydrogens (tertiary/aromatic N) is 3. The number of aromatic nitrogens is 3. The average molecular weight is 614 g/mol. The molecule has 3 aliphatic rings. The lowest BCUT2D eigenvalue weighted by Crippen LogP contribution is -2.84. The van der Waals surface area contributed by atoms with E-state index in [1.165, 1.54) is 81.2 Å². The molecule has 12 rings (SSSR count). The van der Waals surface area contributed by atoms with Crippen molar-refractivity contribution >= 4 is 66.9 Å². The van der Waals surface area contributed by atoms with Crippen LogP contribution < -0.4 is 29.9 Å². The predicted molar refractivity (Wildman–Crippen MR) is 191 cm³/mol. The van der Waals surface area contributed by atoms with Gasteiger partial charge in [0.1, 0.15) is 17.9 Å². The van der Waals surface area contributed by atoms with Gasteiger partial charge in [-0.15, -0.1) is 4.57 Å². The van der Waals surface area contributed by atoms with Gasteiger partial charge in [-0.25, -0.2) is 0 Å². The van der Waals surface area contributed by atoms with Gasteiger partial charge in [-0.1, -0.05) is 109 Å². The van der Waals surface area contributed by atoms with E-state index in [0.717, 1.165) is 0 Å². The van der Waals surface area contributed by atoms with E-state index in [9.17, 15) is 0 Å². The van der Waals surface area contributed by atoms with Crippen LogP contribution in [0, 0.1) is 0 Å². The van der Waals surface area contributed by atoms with Gasteiger partial charge in [0.05, 0.1) is 22.1 Å². The summed E-state index contributed by atoms with van der Waals surface area (Å²) in [7, 11) is -2.79. The summed E-state index contributed by atoms with van der Waals surface area (Å²) >= 11 is 0. The normalized spacial score (nSPS) is 17.6. The summed E-state index contributed by atoms with van der Waals surface area (Å²) in [5.74, 6) is 0. The maximum absolute atomic E-state index is 2.79. The monoisotopic (exact) mass is 613 g/mol. The fourth-order valence-corrected chi connectivity index (χ4v) is 15.2. The number of imidazole rings is 1. The Bertz CT molecular complexity index is 2820. The summed E-state index contributed by atoms with van der Waals surface area (Å²) in [6.07, 6.45) is 6.97. The van der Waals surface area contributed by atoms with Crippen LogP contribution in [0.2, 0.25) is 0 Å². The molecule has 3 aromatic heterocycles. The Morgan fingerprint density at radius 1 is 0.532 bits per heavy atom. The maximum Gasteiger partial charge on any atom is 0.364 e. The molecule has 3 nitrogen and oxygen atoms in total. The predicted octanol–water partition coefficient (Wildman–Crippen LogP) is 5.26. The first-order valence-corrected chi connectivity index (χ1v) is 18.4. The molecule has 47 heavy (non-hydrogen) atoms. The second-order valence-electron chi connectivity index (χ2n) is 13.3. The number of hydrogen-bond donors (Lipinski definition) is 0. The molecule has 9 aromatic rings. The summed E-state index contributed by atoms with van der Waals surface area (Å²) in [5.41, 5.74) is 7.50. The van der Waals surface area contributed by atoms with E-state index in [-0.39, 0.29) is 0 Å². The highest BCUT2D eigenvalue weighted by Crippen LogP contribution is 2.49. The molecular weight excluding hydrogens is 587 g/mol. The van der Waals surface area contributed by atoms with E-state index in [4.69, 9.17) is 0 Å². The molecule has 0 N–H and O–H groups in total. The minimum Gasteiger partial charge on any atom is -0.195 e. The van der Waals surface area contributed by atoms with Crippen LogP contribution in [-0.4, -0.2) is 12.5 Å². The summed E-state index contributed by atoms with van der Waals surface area (Å²) < 4.78 is 7.65. The van der Waals surface area contributed by atoms with Crippen molar-refractivity contribution in [2.24, 2.45) is 0 Å². The highest BCUT2D eigenvalue weighted by Gasteiger charge is 2.70. The molecule has 6 heterocycles. The molecule has 0 aliphatic carbocycles. The Morgan fingerprint density at radius 3 is 2.02 bits per heavy atom. The van der Waals surface area contributed by atoms with Crippen LogP contribution in [-0.2, 0) is 5.66 Å². The molecule has 1 atom stereocenters. The van der Waals surface area contributed by atoms with Crippen molar-refractivity contribution in [2.45, 2.75) is 5.66 Å². The van der Waals surface area contributed by atoms with E-state index < -0.39 is 13.7 Å². The Kier molecular flexibility index (Phi) is 4.21. The fourth-order valence-electron chi connectivity index (χ4n) is 9.90. The van der Waals surface area contributed by atoms with E-state index in [1.54, 1.807) is 0 Å². The van der Waals surface area contributed by atoms with Crippen molar-refractivity contribution in [3.05, 3.63) is 175 Å². The molecule has 4 heteroatoms. The molecule has 1 unspecified atom stereocenters. The van der Waals surface area contributed by atoms with Crippen molar-refractivity contribution < 1.29 is 9.13 Å². The Hall–Kier alpha value is -5.84. The summed E-state index contributed by atoms with van der Waals surface area (Å²) in [5, 5.41) is 12.4. The summed E-state index contributed by atoms with van der Waals surface area (Å²) in [6.45, 7) is 0. The molecule has 1 spiro atoms. The molecule has 0 fully saturated rings. The highest BCUT2D eigenvalue weighted by atomic mass is 28.3. The van der Waals surface area contributed by atoms with Gasteiger partial charge in [0, 0.05) is 22.9 Å². The van der Waals surface area contributed by atoms with Crippen molar-refractivity contribution in [1.29, 1.82) is 0 Å². The van der Waals surface area contributed by atoms with Crippen LogP contribution in [0.15, 0.2) is 164 Å². The number of hydrogen-bond acceptors (Lipinski definition) is 0. The van der Waals surface area contributed by atoms with Gasteiger partial charge in [-0.05, 0) is 55.8 Å². The molecule has 6 aromatic carbocycles. The van der Waals surface area contributed by atoms with Crippen LogP contribution in [0.25, 0.3) is 49.4 Å². The zero-order chi connectivity index (χ0) is 30.5. The number of fused-ring (bicyclic) bond motifs is 6. The van der Waals surface area contributed by atoms with E-state index >= 15 is 0 Å². The first kappa shape index (κ1) is 24.4. The van der Waals surface area contributed by atoms with E-state index in [0.29, 0.717) is 0 Å². The summed E-state index contributed by atoms with van der Waals surface area (Å²) in [6, 6.07) is 55.2. The van der Waals surface area contributed by atoms with Gasteiger partial charge >= 0.3 is 11.3 Å². The zero-order valence-electron chi connectivity index (χ0n) is 25.4. The van der Waals surface area contributed by atoms with Crippen molar-refractivity contribution in [3.63, 3.8) is 0 Å². The molecule has 0 saturated carbocycles. The minimum absolute atomic E-state index is 0.523. The molecular formula is C43H27N3Si+2. The minimum atomic E-state index is -2.79.